The van der Waals surface area contributed by atoms with Gasteiger partial charge in [-0.2, -0.15) is 0 Å². The minimum Gasteiger partial charge on any atom is -0.468 e. The number of methoxy groups -OCH3 is 2. The summed E-state index contributed by atoms with van der Waals surface area (Å²) >= 11 is 0. The Morgan fingerprint density at radius 2 is 1.46 bits per heavy atom. The molecule has 0 bridgehead atoms. The number of hydrogen-bond acceptors (Lipinski definition) is 9. The lowest BCUT2D eigenvalue weighted by Gasteiger charge is -2.46. The second kappa shape index (κ2) is 13.3. The van der Waals surface area contributed by atoms with E-state index in [2.05, 4.69) is 0 Å². The maximum atomic E-state index is 12.5. The van der Waals surface area contributed by atoms with Crippen LogP contribution in [-0.4, -0.2) is 63.4 Å². The van der Waals surface area contributed by atoms with Crippen LogP contribution in [0.2, 0.25) is 0 Å². The Balaban J connectivity index is 1.94. The largest absolute Gasteiger partial charge is 0.468 e. The fraction of sp³-hybridized carbons (Fsp3) is 0.462. The second-order valence-corrected chi connectivity index (χ2v) is 8.23. The average Bonchev–Trinajstić information content (AvgIpc) is 2.89. The second-order valence-electron chi connectivity index (χ2n) is 8.23. The molecule has 1 saturated heterocycles. The first-order valence-electron chi connectivity index (χ1n) is 11.4. The van der Waals surface area contributed by atoms with E-state index in [0.717, 1.165) is 11.1 Å². The lowest BCUT2D eigenvalue weighted by Crippen LogP contribution is -2.63. The molecule has 0 saturated carbocycles. The van der Waals surface area contributed by atoms with Crippen LogP contribution in [0.1, 0.15) is 18.1 Å². The molecular formula is C26H33NO8. The van der Waals surface area contributed by atoms with Gasteiger partial charge in [-0.15, -0.1) is 0 Å². The van der Waals surface area contributed by atoms with Gasteiger partial charge in [0.15, 0.2) is 6.29 Å². The number of benzene rings is 2. The smallest absolute Gasteiger partial charge is 0.323 e. The molecule has 1 heterocycles. The molecule has 2 N–H and O–H groups in total. The molecule has 2 aromatic carbocycles. The van der Waals surface area contributed by atoms with E-state index >= 15 is 0 Å². The third kappa shape index (κ3) is 7.33. The van der Waals surface area contributed by atoms with Gasteiger partial charge in [0.1, 0.15) is 24.9 Å². The molecule has 190 valence electrons. The lowest BCUT2D eigenvalue weighted by molar-refractivity contribution is -0.300. The quantitative estimate of drug-likeness (QED) is 0.476. The van der Waals surface area contributed by atoms with Crippen LogP contribution in [0.4, 0.5) is 0 Å². The Kier molecular flexibility index (Phi) is 10.2. The molecule has 1 fully saturated rings. The van der Waals surface area contributed by atoms with Crippen molar-refractivity contribution in [2.24, 2.45) is 11.7 Å². The van der Waals surface area contributed by atoms with Crippen LogP contribution in [0.3, 0.4) is 0 Å². The number of ether oxygens (including phenoxy) is 6. The predicted molar refractivity (Wildman–Crippen MR) is 126 cm³/mol. The summed E-state index contributed by atoms with van der Waals surface area (Å²) in [6.07, 6.45) is -3.13. The van der Waals surface area contributed by atoms with Gasteiger partial charge in [0.2, 0.25) is 0 Å². The number of esters is 2. The Morgan fingerprint density at radius 3 is 1.94 bits per heavy atom. The van der Waals surface area contributed by atoms with Gasteiger partial charge in [-0.25, -0.2) is 0 Å². The van der Waals surface area contributed by atoms with Crippen LogP contribution in [0.15, 0.2) is 60.7 Å². The molecule has 0 spiro atoms. The zero-order valence-corrected chi connectivity index (χ0v) is 20.2. The first-order valence-corrected chi connectivity index (χ1v) is 11.4. The molecule has 1 aliphatic rings. The van der Waals surface area contributed by atoms with Crippen molar-refractivity contribution in [2.75, 3.05) is 20.8 Å². The topological polar surface area (TPSA) is 116 Å². The van der Waals surface area contributed by atoms with Crippen LogP contribution in [0, 0.1) is 5.92 Å². The van der Waals surface area contributed by atoms with E-state index in [0.29, 0.717) is 0 Å². The highest BCUT2D eigenvalue weighted by Gasteiger charge is 2.52. The van der Waals surface area contributed by atoms with E-state index < -0.39 is 48.5 Å². The zero-order chi connectivity index (χ0) is 25.2. The first-order chi connectivity index (χ1) is 16.9. The van der Waals surface area contributed by atoms with Gasteiger partial charge in [0, 0.05) is 14.0 Å². The van der Waals surface area contributed by atoms with E-state index in [1.165, 1.54) is 21.1 Å². The van der Waals surface area contributed by atoms with Crippen molar-refractivity contribution in [3.05, 3.63) is 71.8 Å². The summed E-state index contributed by atoms with van der Waals surface area (Å²) in [5, 5.41) is 0. The van der Waals surface area contributed by atoms with Gasteiger partial charge in [0.05, 0.1) is 32.3 Å². The standard InChI is InChI=1S/C26H33NO8/c1-17(28)32-16-20-23(33-14-18-10-6-4-7-11-18)24(34-15-19-12-8-5-9-13-19)21(26(31-3)35-20)22(27)25(29)30-2/h4-13,20-24,26H,14-16,27H2,1-3H3/t20-,21-,22-,23-,24-,26-/m1/s1. The molecule has 2 aromatic rings. The molecule has 0 unspecified atom stereocenters. The number of carbonyl (C=O) groups is 2. The van der Waals surface area contributed by atoms with E-state index in [1.54, 1.807) is 0 Å². The minimum atomic E-state index is -1.11. The molecule has 35 heavy (non-hydrogen) atoms. The van der Waals surface area contributed by atoms with Crippen LogP contribution >= 0.6 is 0 Å². The number of hydrogen-bond donors (Lipinski definition) is 1. The zero-order valence-electron chi connectivity index (χ0n) is 20.2. The van der Waals surface area contributed by atoms with Crippen LogP contribution in [0.5, 0.6) is 0 Å². The summed E-state index contributed by atoms with van der Waals surface area (Å²) in [6, 6.07) is 18.1. The summed E-state index contributed by atoms with van der Waals surface area (Å²) in [5.74, 6) is -1.85. The Morgan fingerprint density at radius 1 is 0.914 bits per heavy atom. The van der Waals surface area contributed by atoms with Gasteiger partial charge in [-0.1, -0.05) is 60.7 Å². The number of nitrogens with two attached hydrogens (primary N) is 1. The lowest BCUT2D eigenvalue weighted by atomic mass is 9.85. The van der Waals surface area contributed by atoms with Crippen molar-refractivity contribution >= 4 is 11.9 Å². The summed E-state index contributed by atoms with van der Waals surface area (Å²) in [5.41, 5.74) is 8.17. The van der Waals surface area contributed by atoms with Gasteiger partial charge in [-0.3, -0.25) is 9.59 Å². The fourth-order valence-electron chi connectivity index (χ4n) is 4.08. The molecule has 0 aliphatic carbocycles. The molecule has 9 heteroatoms. The van der Waals surface area contributed by atoms with E-state index in [-0.39, 0.29) is 19.8 Å². The van der Waals surface area contributed by atoms with Crippen molar-refractivity contribution in [1.29, 1.82) is 0 Å². The van der Waals surface area contributed by atoms with E-state index in [9.17, 15) is 9.59 Å². The van der Waals surface area contributed by atoms with Crippen molar-refractivity contribution in [1.82, 2.24) is 0 Å². The maximum absolute atomic E-state index is 12.5. The Labute approximate surface area is 205 Å². The predicted octanol–water partition coefficient (Wildman–Crippen LogP) is 2.21. The van der Waals surface area contributed by atoms with Crippen LogP contribution in [0.25, 0.3) is 0 Å². The SMILES string of the molecule is COC(=O)[C@H](N)[C@H]1[C@H](OC)O[C@H](COC(C)=O)[C@@H](OCc2ccccc2)[C@@H]1OCc1ccccc1. The minimum absolute atomic E-state index is 0.0833. The third-order valence-electron chi connectivity index (χ3n) is 5.83. The van der Waals surface area contributed by atoms with Gasteiger partial charge in [-0.05, 0) is 11.1 Å². The van der Waals surface area contributed by atoms with Crippen molar-refractivity contribution in [3.8, 4) is 0 Å². The number of carbonyl (C=O) groups excluding carboxylic acids is 2. The molecular weight excluding hydrogens is 454 g/mol. The summed E-state index contributed by atoms with van der Waals surface area (Å²) < 4.78 is 34.5. The van der Waals surface area contributed by atoms with Crippen LogP contribution in [-0.2, 0) is 51.2 Å². The highest BCUT2D eigenvalue weighted by atomic mass is 16.7. The Hall–Kier alpha value is -2.82. The maximum Gasteiger partial charge on any atom is 0.323 e. The van der Waals surface area contributed by atoms with Crippen molar-refractivity contribution in [3.63, 3.8) is 0 Å². The average molecular weight is 488 g/mol. The molecule has 0 radical (unpaired) electrons. The molecule has 9 nitrogen and oxygen atoms in total. The molecule has 0 aromatic heterocycles. The van der Waals surface area contributed by atoms with Gasteiger partial charge < -0.3 is 34.2 Å². The summed E-state index contributed by atoms with van der Waals surface area (Å²) in [6.45, 7) is 1.71. The summed E-state index contributed by atoms with van der Waals surface area (Å²) in [4.78, 5) is 24.0. The third-order valence-corrected chi connectivity index (χ3v) is 5.83. The van der Waals surface area contributed by atoms with Crippen molar-refractivity contribution in [2.45, 2.75) is 50.8 Å². The molecule has 6 atom stereocenters. The van der Waals surface area contributed by atoms with Crippen LogP contribution < -0.4 is 5.73 Å². The normalized spacial score (nSPS) is 25.0. The highest BCUT2D eigenvalue weighted by molar-refractivity contribution is 5.76. The molecule has 3 rings (SSSR count). The van der Waals surface area contributed by atoms with E-state index in [4.69, 9.17) is 34.2 Å². The molecule has 1 aliphatic heterocycles. The van der Waals surface area contributed by atoms with Gasteiger partial charge in [0.25, 0.3) is 0 Å². The monoisotopic (exact) mass is 487 g/mol. The van der Waals surface area contributed by atoms with E-state index in [1.807, 2.05) is 60.7 Å². The van der Waals surface area contributed by atoms with Gasteiger partial charge >= 0.3 is 11.9 Å². The molecule has 0 amide bonds. The van der Waals surface area contributed by atoms with Crippen molar-refractivity contribution < 1.29 is 38.0 Å². The fourth-order valence-corrected chi connectivity index (χ4v) is 4.08. The summed E-state index contributed by atoms with van der Waals surface area (Å²) in [7, 11) is 2.71. The first kappa shape index (κ1) is 26.8. The highest BCUT2D eigenvalue weighted by Crippen LogP contribution is 2.34. The Bertz CT molecular complexity index is 925. The number of rotatable bonds is 11.